The van der Waals surface area contributed by atoms with Crippen LogP contribution in [0.25, 0.3) is 10.8 Å². The summed E-state index contributed by atoms with van der Waals surface area (Å²) < 4.78 is 26.9. The molecule has 12 heteroatoms. The number of nitrogens with one attached hydrogen (secondary N) is 2. The van der Waals surface area contributed by atoms with Crippen LogP contribution in [0.4, 0.5) is 10.5 Å². The van der Waals surface area contributed by atoms with E-state index in [4.69, 9.17) is 23.7 Å². The standard InChI is InChI=1S/C25H28N2O10/c1-13(28)33-12-20-21(34-14(2)29)22(35-15(3)30)23(36-16(4)31)24(37-20)27-25(32)26-19-11-7-9-17-8-5-6-10-18(17)19/h5-11,20-24H,12H2,1-4H3,(H2,26,27,32). The van der Waals surface area contributed by atoms with Crippen LogP contribution in [-0.4, -0.2) is 67.2 Å². The zero-order chi connectivity index (χ0) is 27.1. The summed E-state index contributed by atoms with van der Waals surface area (Å²) >= 11 is 0. The Bertz CT molecular complexity index is 1180. The Morgan fingerprint density at radius 3 is 2.00 bits per heavy atom. The fraction of sp³-hybridized carbons (Fsp3) is 0.400. The van der Waals surface area contributed by atoms with Crippen LogP contribution in [0.3, 0.4) is 0 Å². The van der Waals surface area contributed by atoms with E-state index in [1.54, 1.807) is 12.1 Å². The highest BCUT2D eigenvalue weighted by atomic mass is 16.7. The highest BCUT2D eigenvalue weighted by Gasteiger charge is 2.52. The Balaban J connectivity index is 1.91. The van der Waals surface area contributed by atoms with Gasteiger partial charge in [-0.1, -0.05) is 36.4 Å². The smallest absolute Gasteiger partial charge is 0.321 e. The van der Waals surface area contributed by atoms with Gasteiger partial charge < -0.3 is 34.3 Å². The molecule has 0 radical (unpaired) electrons. The first-order valence-corrected chi connectivity index (χ1v) is 11.4. The minimum Gasteiger partial charge on any atom is -0.463 e. The average molecular weight is 517 g/mol. The van der Waals surface area contributed by atoms with E-state index >= 15 is 0 Å². The average Bonchev–Trinajstić information content (AvgIpc) is 2.81. The van der Waals surface area contributed by atoms with Gasteiger partial charge in [0, 0.05) is 33.1 Å². The summed E-state index contributed by atoms with van der Waals surface area (Å²) in [6.45, 7) is 4.12. The summed E-state index contributed by atoms with van der Waals surface area (Å²) in [7, 11) is 0. The molecule has 0 aromatic heterocycles. The number of anilines is 1. The third-order valence-electron chi connectivity index (χ3n) is 5.30. The monoisotopic (exact) mass is 516 g/mol. The fourth-order valence-corrected chi connectivity index (χ4v) is 3.97. The van der Waals surface area contributed by atoms with Crippen molar-refractivity contribution in [1.82, 2.24) is 5.32 Å². The SMILES string of the molecule is CC(=O)OCC1OC(NC(=O)Nc2cccc3ccccc23)C(OC(C)=O)C(OC(C)=O)C1OC(C)=O. The van der Waals surface area contributed by atoms with E-state index in [1.165, 1.54) is 6.92 Å². The van der Waals surface area contributed by atoms with Gasteiger partial charge >= 0.3 is 29.9 Å². The van der Waals surface area contributed by atoms with Crippen molar-refractivity contribution in [3.8, 4) is 0 Å². The number of fused-ring (bicyclic) bond motifs is 1. The third-order valence-corrected chi connectivity index (χ3v) is 5.30. The van der Waals surface area contributed by atoms with Crippen molar-refractivity contribution in [3.05, 3.63) is 42.5 Å². The van der Waals surface area contributed by atoms with Crippen LogP contribution in [-0.2, 0) is 42.9 Å². The summed E-state index contributed by atoms with van der Waals surface area (Å²) in [4.78, 5) is 60.1. The van der Waals surface area contributed by atoms with Gasteiger partial charge in [0.1, 0.15) is 12.7 Å². The largest absolute Gasteiger partial charge is 0.463 e. The van der Waals surface area contributed by atoms with Crippen molar-refractivity contribution in [1.29, 1.82) is 0 Å². The first-order chi connectivity index (χ1) is 17.5. The molecule has 198 valence electrons. The van der Waals surface area contributed by atoms with Gasteiger partial charge in [-0.2, -0.15) is 0 Å². The van der Waals surface area contributed by atoms with E-state index in [0.29, 0.717) is 5.69 Å². The number of esters is 4. The van der Waals surface area contributed by atoms with Gasteiger partial charge in [0.2, 0.25) is 0 Å². The molecule has 1 aliphatic rings. The molecule has 1 saturated heterocycles. The summed E-state index contributed by atoms with van der Waals surface area (Å²) in [6.07, 6.45) is -6.66. The van der Waals surface area contributed by atoms with Crippen molar-refractivity contribution in [2.75, 3.05) is 11.9 Å². The van der Waals surface area contributed by atoms with Gasteiger partial charge in [0.15, 0.2) is 24.5 Å². The van der Waals surface area contributed by atoms with Crippen molar-refractivity contribution < 1.29 is 47.7 Å². The van der Waals surface area contributed by atoms with Crippen LogP contribution in [0.5, 0.6) is 0 Å². The predicted molar refractivity (Wildman–Crippen MR) is 128 cm³/mol. The molecule has 2 aromatic rings. The van der Waals surface area contributed by atoms with Crippen LogP contribution in [0.15, 0.2) is 42.5 Å². The van der Waals surface area contributed by atoms with Gasteiger partial charge in [-0.25, -0.2) is 4.79 Å². The maximum Gasteiger partial charge on any atom is 0.321 e. The van der Waals surface area contributed by atoms with Crippen LogP contribution < -0.4 is 10.6 Å². The molecule has 0 saturated carbocycles. The highest BCUT2D eigenvalue weighted by molar-refractivity contribution is 6.01. The molecule has 1 heterocycles. The second kappa shape index (κ2) is 12.2. The Morgan fingerprint density at radius 2 is 1.35 bits per heavy atom. The number of carbonyl (C=O) groups excluding carboxylic acids is 5. The van der Waals surface area contributed by atoms with Crippen molar-refractivity contribution in [3.63, 3.8) is 0 Å². The molecule has 1 aliphatic heterocycles. The molecule has 0 bridgehead atoms. The number of rotatable bonds is 7. The first kappa shape index (κ1) is 27.4. The van der Waals surface area contributed by atoms with Crippen molar-refractivity contribution >= 4 is 46.4 Å². The topological polar surface area (TPSA) is 156 Å². The minimum absolute atomic E-state index is 0.402. The van der Waals surface area contributed by atoms with Crippen LogP contribution in [0, 0.1) is 0 Å². The zero-order valence-corrected chi connectivity index (χ0v) is 20.7. The van der Waals surface area contributed by atoms with Crippen LogP contribution in [0.1, 0.15) is 27.7 Å². The Labute approximate surface area is 212 Å². The number of hydrogen-bond donors (Lipinski definition) is 2. The maximum atomic E-state index is 13.0. The van der Waals surface area contributed by atoms with E-state index < -0.39 is 67.2 Å². The Hall–Kier alpha value is -4.19. The van der Waals surface area contributed by atoms with Crippen LogP contribution in [0.2, 0.25) is 0 Å². The second-order valence-corrected chi connectivity index (χ2v) is 8.25. The molecule has 0 spiro atoms. The number of amides is 2. The number of carbonyl (C=O) groups is 5. The third kappa shape index (κ3) is 7.40. The summed E-state index contributed by atoms with van der Waals surface area (Å²) in [5, 5.41) is 6.96. The number of urea groups is 1. The summed E-state index contributed by atoms with van der Waals surface area (Å²) in [5.41, 5.74) is 0.501. The molecule has 5 unspecified atom stereocenters. The lowest BCUT2D eigenvalue weighted by atomic mass is 9.97. The molecule has 37 heavy (non-hydrogen) atoms. The Morgan fingerprint density at radius 1 is 0.757 bits per heavy atom. The fourth-order valence-electron chi connectivity index (χ4n) is 3.97. The van der Waals surface area contributed by atoms with E-state index in [1.807, 2.05) is 30.3 Å². The molecule has 5 atom stereocenters. The molecule has 1 fully saturated rings. The molecule has 0 aliphatic carbocycles. The van der Waals surface area contributed by atoms with Gasteiger partial charge in [-0.05, 0) is 11.5 Å². The van der Waals surface area contributed by atoms with Gasteiger partial charge in [-0.15, -0.1) is 0 Å². The minimum atomic E-state index is -1.41. The molecule has 2 aromatic carbocycles. The van der Waals surface area contributed by atoms with E-state index in [2.05, 4.69) is 10.6 Å². The lowest BCUT2D eigenvalue weighted by Gasteiger charge is -2.44. The lowest BCUT2D eigenvalue weighted by Crippen LogP contribution is -2.66. The normalized spacial score (nSPS) is 22.9. The highest BCUT2D eigenvalue weighted by Crippen LogP contribution is 2.29. The van der Waals surface area contributed by atoms with E-state index in [-0.39, 0.29) is 0 Å². The molecule has 3 rings (SSSR count). The van der Waals surface area contributed by atoms with E-state index in [0.717, 1.165) is 31.5 Å². The number of hydrogen-bond acceptors (Lipinski definition) is 10. The lowest BCUT2D eigenvalue weighted by molar-refractivity contribution is -0.255. The van der Waals surface area contributed by atoms with Gasteiger partial charge in [0.05, 0.1) is 5.69 Å². The van der Waals surface area contributed by atoms with E-state index in [9.17, 15) is 24.0 Å². The first-order valence-electron chi connectivity index (χ1n) is 11.4. The molecule has 12 nitrogen and oxygen atoms in total. The second-order valence-electron chi connectivity index (χ2n) is 8.25. The van der Waals surface area contributed by atoms with Crippen LogP contribution >= 0.6 is 0 Å². The van der Waals surface area contributed by atoms with Crippen molar-refractivity contribution in [2.45, 2.75) is 58.3 Å². The zero-order valence-electron chi connectivity index (χ0n) is 20.7. The quantitative estimate of drug-likeness (QED) is 0.412. The van der Waals surface area contributed by atoms with Gasteiger partial charge in [0.25, 0.3) is 0 Å². The summed E-state index contributed by atoms with van der Waals surface area (Å²) in [6, 6.07) is 12.0. The summed E-state index contributed by atoms with van der Waals surface area (Å²) in [5.74, 6) is -2.94. The Kier molecular flexibility index (Phi) is 9.01. The molecular weight excluding hydrogens is 488 g/mol. The van der Waals surface area contributed by atoms with Gasteiger partial charge in [-0.3, -0.25) is 19.2 Å². The molecule has 2 N–H and O–H groups in total. The van der Waals surface area contributed by atoms with Crippen molar-refractivity contribution in [2.24, 2.45) is 0 Å². The molecule has 2 amide bonds. The maximum absolute atomic E-state index is 13.0. The number of ether oxygens (including phenoxy) is 5. The molecular formula is C25H28N2O10. The predicted octanol–water partition coefficient (Wildman–Crippen LogP) is 2.04. The number of benzene rings is 2.